The number of amides is 1. The number of rotatable bonds is 4. The van der Waals surface area contributed by atoms with Crippen LogP contribution in [0.5, 0.6) is 5.75 Å². The Labute approximate surface area is 132 Å². The smallest absolute Gasteiger partial charge is 0.238 e. The van der Waals surface area contributed by atoms with Crippen LogP contribution < -0.4 is 10.1 Å². The van der Waals surface area contributed by atoms with Gasteiger partial charge in [-0.15, -0.1) is 0 Å². The van der Waals surface area contributed by atoms with Crippen LogP contribution in [0.15, 0.2) is 46.9 Å². The third-order valence-corrected chi connectivity index (χ3v) is 3.23. The summed E-state index contributed by atoms with van der Waals surface area (Å²) in [5.41, 5.74) is 2.61. The number of methoxy groups -OCH3 is 1. The van der Waals surface area contributed by atoms with E-state index >= 15 is 0 Å². The lowest BCUT2D eigenvalue weighted by molar-refractivity contribution is -0.115. The minimum absolute atomic E-state index is 0.189. The van der Waals surface area contributed by atoms with Crippen LogP contribution in [-0.4, -0.2) is 18.0 Å². The lowest BCUT2D eigenvalue weighted by Gasteiger charge is -2.00. The van der Waals surface area contributed by atoms with Gasteiger partial charge in [0.1, 0.15) is 17.7 Å². The quantitative estimate of drug-likeness (QED) is 0.798. The third-order valence-electron chi connectivity index (χ3n) is 3.23. The van der Waals surface area contributed by atoms with E-state index in [-0.39, 0.29) is 12.3 Å². The van der Waals surface area contributed by atoms with E-state index in [1.165, 1.54) is 0 Å². The highest BCUT2D eigenvalue weighted by molar-refractivity contribution is 5.94. The Kier molecular flexibility index (Phi) is 3.93. The van der Waals surface area contributed by atoms with Gasteiger partial charge in [-0.05, 0) is 36.4 Å². The molecule has 114 valence electrons. The van der Waals surface area contributed by atoms with Gasteiger partial charge in [0, 0.05) is 11.3 Å². The van der Waals surface area contributed by atoms with Gasteiger partial charge in [0.05, 0.1) is 13.2 Å². The molecule has 3 aromatic rings. The van der Waals surface area contributed by atoms with Gasteiger partial charge < -0.3 is 14.5 Å². The predicted molar refractivity (Wildman–Crippen MR) is 84.9 cm³/mol. The number of nitriles is 1. The van der Waals surface area contributed by atoms with Crippen LogP contribution in [0, 0.1) is 11.3 Å². The Morgan fingerprint density at radius 3 is 3.00 bits per heavy atom. The molecule has 0 aliphatic heterocycles. The summed E-state index contributed by atoms with van der Waals surface area (Å²) in [6, 6.07) is 14.4. The molecule has 1 amide bonds. The first-order chi connectivity index (χ1) is 11.2. The van der Waals surface area contributed by atoms with Crippen molar-refractivity contribution in [1.29, 1.82) is 5.26 Å². The molecule has 1 heterocycles. The summed E-state index contributed by atoms with van der Waals surface area (Å²) in [5, 5.41) is 11.1. The SMILES string of the molecule is COc1cccc(-c2nc3cc(NC(=O)CC#N)ccc3o2)c1. The molecule has 1 aromatic heterocycles. The summed E-state index contributed by atoms with van der Waals surface area (Å²) in [7, 11) is 1.60. The minimum atomic E-state index is -0.358. The molecular formula is C17H13N3O3. The van der Waals surface area contributed by atoms with Crippen molar-refractivity contribution >= 4 is 22.7 Å². The third kappa shape index (κ3) is 3.14. The number of nitrogens with zero attached hydrogens (tertiary/aromatic N) is 2. The van der Waals surface area contributed by atoms with Crippen molar-refractivity contribution in [1.82, 2.24) is 4.98 Å². The number of oxazole rings is 1. The maximum atomic E-state index is 11.5. The summed E-state index contributed by atoms with van der Waals surface area (Å²) in [4.78, 5) is 15.9. The molecule has 23 heavy (non-hydrogen) atoms. The van der Waals surface area contributed by atoms with Crippen LogP contribution in [0.25, 0.3) is 22.6 Å². The molecule has 0 saturated heterocycles. The average Bonchev–Trinajstić information content (AvgIpc) is 2.98. The highest BCUT2D eigenvalue weighted by Gasteiger charge is 2.10. The van der Waals surface area contributed by atoms with Crippen LogP contribution in [0.4, 0.5) is 5.69 Å². The summed E-state index contributed by atoms with van der Waals surface area (Å²) in [6.45, 7) is 0. The Morgan fingerprint density at radius 1 is 1.35 bits per heavy atom. The zero-order chi connectivity index (χ0) is 16.2. The number of carbonyl (C=O) groups is 1. The normalized spacial score (nSPS) is 10.3. The van der Waals surface area contributed by atoms with Crippen molar-refractivity contribution in [3.05, 3.63) is 42.5 Å². The number of benzene rings is 2. The molecule has 1 N–H and O–H groups in total. The number of hydrogen-bond donors (Lipinski definition) is 1. The van der Waals surface area contributed by atoms with Crippen molar-refractivity contribution in [3.63, 3.8) is 0 Å². The number of hydrogen-bond acceptors (Lipinski definition) is 5. The molecule has 2 aromatic carbocycles. The molecule has 0 spiro atoms. The standard InChI is InChI=1S/C17H13N3O3/c1-22-13-4-2-3-11(9-13)17-20-14-10-12(5-6-15(14)23-17)19-16(21)7-8-18/h2-6,9-10H,7H2,1H3,(H,19,21). The number of ether oxygens (including phenoxy) is 1. The van der Waals surface area contributed by atoms with Crippen LogP contribution in [0.1, 0.15) is 6.42 Å². The number of nitrogens with one attached hydrogen (secondary N) is 1. The van der Waals surface area contributed by atoms with Crippen LogP contribution in [-0.2, 0) is 4.79 Å². The molecule has 6 heteroatoms. The van der Waals surface area contributed by atoms with Gasteiger partial charge in [-0.3, -0.25) is 4.79 Å². The van der Waals surface area contributed by atoms with E-state index in [0.717, 1.165) is 5.56 Å². The molecule has 0 aliphatic rings. The van der Waals surface area contributed by atoms with Gasteiger partial charge in [-0.1, -0.05) is 6.07 Å². The van der Waals surface area contributed by atoms with Crippen molar-refractivity contribution in [2.45, 2.75) is 6.42 Å². The van der Waals surface area contributed by atoms with Gasteiger partial charge in [-0.2, -0.15) is 5.26 Å². The summed E-state index contributed by atoms with van der Waals surface area (Å²) in [5.74, 6) is 0.831. The van der Waals surface area contributed by atoms with Gasteiger partial charge in [0.2, 0.25) is 11.8 Å². The minimum Gasteiger partial charge on any atom is -0.497 e. The largest absolute Gasteiger partial charge is 0.497 e. The lowest BCUT2D eigenvalue weighted by Crippen LogP contribution is -2.09. The highest BCUT2D eigenvalue weighted by Crippen LogP contribution is 2.28. The number of aromatic nitrogens is 1. The molecular weight excluding hydrogens is 294 g/mol. The molecule has 0 fully saturated rings. The Hall–Kier alpha value is -3.33. The molecule has 6 nitrogen and oxygen atoms in total. The van der Waals surface area contributed by atoms with Gasteiger partial charge in [0.15, 0.2) is 5.58 Å². The fraction of sp³-hybridized carbons (Fsp3) is 0.118. The molecule has 0 bridgehead atoms. The second-order valence-corrected chi connectivity index (χ2v) is 4.82. The molecule has 0 atom stereocenters. The maximum absolute atomic E-state index is 11.5. The van der Waals surface area contributed by atoms with Gasteiger partial charge in [0.25, 0.3) is 0 Å². The topological polar surface area (TPSA) is 88.1 Å². The van der Waals surface area contributed by atoms with Crippen LogP contribution in [0.2, 0.25) is 0 Å². The monoisotopic (exact) mass is 307 g/mol. The van der Waals surface area contributed by atoms with E-state index in [1.807, 2.05) is 24.3 Å². The number of carbonyl (C=O) groups excluding carboxylic acids is 1. The summed E-state index contributed by atoms with van der Waals surface area (Å²) >= 11 is 0. The van der Waals surface area contributed by atoms with Gasteiger partial charge >= 0.3 is 0 Å². The fourth-order valence-electron chi connectivity index (χ4n) is 2.16. The van der Waals surface area contributed by atoms with E-state index < -0.39 is 0 Å². The highest BCUT2D eigenvalue weighted by atomic mass is 16.5. The second kappa shape index (κ2) is 6.20. The van der Waals surface area contributed by atoms with Crippen LogP contribution in [0.3, 0.4) is 0 Å². The van der Waals surface area contributed by atoms with Crippen molar-refractivity contribution in [3.8, 4) is 23.3 Å². The molecule has 0 unspecified atom stereocenters. The van der Waals surface area contributed by atoms with E-state index in [4.69, 9.17) is 14.4 Å². The second-order valence-electron chi connectivity index (χ2n) is 4.82. The first-order valence-electron chi connectivity index (χ1n) is 6.91. The molecule has 0 saturated carbocycles. The first kappa shape index (κ1) is 14.6. The molecule has 0 aliphatic carbocycles. The average molecular weight is 307 g/mol. The Bertz CT molecular complexity index is 909. The Balaban J connectivity index is 1.92. The summed E-state index contributed by atoms with van der Waals surface area (Å²) in [6.07, 6.45) is -0.189. The number of anilines is 1. The van der Waals surface area contributed by atoms with Crippen molar-refractivity contribution in [2.24, 2.45) is 0 Å². The maximum Gasteiger partial charge on any atom is 0.238 e. The summed E-state index contributed by atoms with van der Waals surface area (Å²) < 4.78 is 10.9. The van der Waals surface area contributed by atoms with E-state index in [1.54, 1.807) is 31.4 Å². The molecule has 3 rings (SSSR count). The zero-order valence-corrected chi connectivity index (χ0v) is 12.4. The van der Waals surface area contributed by atoms with Crippen molar-refractivity contribution in [2.75, 3.05) is 12.4 Å². The molecule has 0 radical (unpaired) electrons. The van der Waals surface area contributed by atoms with E-state index in [9.17, 15) is 4.79 Å². The first-order valence-corrected chi connectivity index (χ1v) is 6.91. The van der Waals surface area contributed by atoms with Crippen LogP contribution >= 0.6 is 0 Å². The predicted octanol–water partition coefficient (Wildman–Crippen LogP) is 3.36. The van der Waals surface area contributed by atoms with Gasteiger partial charge in [-0.25, -0.2) is 4.98 Å². The van der Waals surface area contributed by atoms with E-state index in [2.05, 4.69) is 10.3 Å². The zero-order valence-electron chi connectivity index (χ0n) is 12.4. The lowest BCUT2D eigenvalue weighted by atomic mass is 10.2. The van der Waals surface area contributed by atoms with E-state index in [0.29, 0.717) is 28.4 Å². The fourth-order valence-corrected chi connectivity index (χ4v) is 2.16. The number of fused-ring (bicyclic) bond motifs is 1. The van der Waals surface area contributed by atoms with Crippen molar-refractivity contribution < 1.29 is 13.9 Å². The Morgan fingerprint density at radius 2 is 2.22 bits per heavy atom.